The van der Waals surface area contributed by atoms with E-state index < -0.39 is 0 Å². The number of thiol groups is 1. The molecule has 0 fully saturated rings. The summed E-state index contributed by atoms with van der Waals surface area (Å²) in [5.74, 6) is 1.25. The van der Waals surface area contributed by atoms with Crippen LogP contribution in [0.25, 0.3) is 0 Å². The van der Waals surface area contributed by atoms with Crippen molar-refractivity contribution in [3.05, 3.63) is 18.2 Å². The van der Waals surface area contributed by atoms with Crippen LogP contribution in [0.3, 0.4) is 0 Å². The van der Waals surface area contributed by atoms with E-state index in [4.69, 9.17) is 9.47 Å². The van der Waals surface area contributed by atoms with Crippen LogP contribution in [0.4, 0.5) is 10.5 Å². The molecule has 0 atom stereocenters. The molecule has 0 saturated carbocycles. The number of anilines is 1. The van der Waals surface area contributed by atoms with Crippen molar-refractivity contribution >= 4 is 23.6 Å². The Morgan fingerprint density at radius 2 is 2.00 bits per heavy atom. The molecule has 82 valence electrons. The maximum absolute atomic E-state index is 11.1. The molecule has 0 radical (unpaired) electrons. The number of hydrogen-bond donors (Lipinski definition) is 1. The molecule has 0 bridgehead atoms. The van der Waals surface area contributed by atoms with Crippen LogP contribution >= 0.6 is 12.6 Å². The van der Waals surface area contributed by atoms with Gasteiger partial charge >= 0.3 is 0 Å². The van der Waals surface area contributed by atoms with Gasteiger partial charge in [-0.15, -0.1) is 0 Å². The molecule has 0 aliphatic carbocycles. The van der Waals surface area contributed by atoms with Crippen LogP contribution in [0.5, 0.6) is 11.5 Å². The van der Waals surface area contributed by atoms with E-state index in [1.165, 1.54) is 12.0 Å². The Morgan fingerprint density at radius 1 is 1.33 bits per heavy atom. The zero-order chi connectivity index (χ0) is 11.4. The van der Waals surface area contributed by atoms with Gasteiger partial charge in [-0.1, -0.05) is 12.6 Å². The van der Waals surface area contributed by atoms with E-state index in [0.29, 0.717) is 17.2 Å². The molecule has 0 unspecified atom stereocenters. The van der Waals surface area contributed by atoms with E-state index in [1.807, 2.05) is 0 Å². The third-order valence-corrected chi connectivity index (χ3v) is 2.34. The molecular formula is C10H13NO3S. The molecule has 0 heterocycles. The number of rotatable bonds is 3. The molecule has 0 saturated heterocycles. The molecule has 0 aromatic heterocycles. The summed E-state index contributed by atoms with van der Waals surface area (Å²) in [6.45, 7) is 0. The number of methoxy groups -OCH3 is 2. The topological polar surface area (TPSA) is 38.8 Å². The van der Waals surface area contributed by atoms with Crippen molar-refractivity contribution < 1.29 is 14.3 Å². The molecule has 5 heteroatoms. The average Bonchev–Trinajstić information content (AvgIpc) is 2.27. The summed E-state index contributed by atoms with van der Waals surface area (Å²) in [6, 6.07) is 5.21. The van der Waals surface area contributed by atoms with Crippen LogP contribution in [0.1, 0.15) is 0 Å². The summed E-state index contributed by atoms with van der Waals surface area (Å²) < 4.78 is 10.2. The van der Waals surface area contributed by atoms with E-state index >= 15 is 0 Å². The molecule has 4 nitrogen and oxygen atoms in total. The maximum atomic E-state index is 11.1. The summed E-state index contributed by atoms with van der Waals surface area (Å²) in [5, 5.41) is -0.349. The van der Waals surface area contributed by atoms with Gasteiger partial charge in [-0.25, -0.2) is 0 Å². The number of benzene rings is 1. The first-order chi connectivity index (χ1) is 7.10. The largest absolute Gasteiger partial charge is 0.497 e. The molecule has 15 heavy (non-hydrogen) atoms. The minimum Gasteiger partial charge on any atom is -0.497 e. The fourth-order valence-electron chi connectivity index (χ4n) is 1.17. The predicted molar refractivity (Wildman–Crippen MR) is 62.3 cm³/mol. The van der Waals surface area contributed by atoms with Gasteiger partial charge in [0.05, 0.1) is 19.9 Å². The van der Waals surface area contributed by atoms with E-state index in [2.05, 4.69) is 12.6 Å². The van der Waals surface area contributed by atoms with Crippen molar-refractivity contribution in [1.82, 2.24) is 0 Å². The van der Waals surface area contributed by atoms with Gasteiger partial charge in [-0.3, -0.25) is 4.79 Å². The molecule has 0 aliphatic heterocycles. The van der Waals surface area contributed by atoms with Crippen LogP contribution < -0.4 is 14.4 Å². The zero-order valence-corrected chi connectivity index (χ0v) is 9.75. The van der Waals surface area contributed by atoms with E-state index in [9.17, 15) is 4.79 Å². The predicted octanol–water partition coefficient (Wildman–Crippen LogP) is 2.19. The Morgan fingerprint density at radius 3 is 2.47 bits per heavy atom. The Hall–Kier alpha value is -1.36. The van der Waals surface area contributed by atoms with Gasteiger partial charge in [0.25, 0.3) is 5.24 Å². The highest BCUT2D eigenvalue weighted by atomic mass is 32.1. The highest BCUT2D eigenvalue weighted by Gasteiger charge is 2.12. The monoisotopic (exact) mass is 227 g/mol. The van der Waals surface area contributed by atoms with Gasteiger partial charge in [-0.2, -0.15) is 0 Å². The highest BCUT2D eigenvalue weighted by molar-refractivity contribution is 7.96. The van der Waals surface area contributed by atoms with Crippen LogP contribution in [0, 0.1) is 0 Å². The summed E-state index contributed by atoms with van der Waals surface area (Å²) in [4.78, 5) is 12.5. The Labute approximate surface area is 94.2 Å². The normalized spacial score (nSPS) is 9.60. The molecule has 0 aliphatic rings. The summed E-state index contributed by atoms with van der Waals surface area (Å²) in [5.41, 5.74) is 0.651. The number of nitrogens with zero attached hydrogens (tertiary/aromatic N) is 1. The lowest BCUT2D eigenvalue weighted by molar-refractivity contribution is 0.266. The number of carbonyl (C=O) groups excluding carboxylic acids is 1. The smallest absolute Gasteiger partial charge is 0.282 e. The van der Waals surface area contributed by atoms with Crippen molar-refractivity contribution in [1.29, 1.82) is 0 Å². The third-order valence-electron chi connectivity index (χ3n) is 2.04. The fourth-order valence-corrected chi connectivity index (χ4v) is 1.27. The lowest BCUT2D eigenvalue weighted by Gasteiger charge is -2.18. The van der Waals surface area contributed by atoms with Gasteiger partial charge in [0, 0.05) is 13.1 Å². The van der Waals surface area contributed by atoms with Gasteiger partial charge in [0.2, 0.25) is 0 Å². The van der Waals surface area contributed by atoms with Crippen molar-refractivity contribution in [2.24, 2.45) is 0 Å². The molecule has 0 spiro atoms. The molecule has 1 amide bonds. The standard InChI is InChI=1S/C10H13NO3S/c1-11(10(12)15)8-5-4-7(13-2)6-9(8)14-3/h4-6H,1-3H3,(H,12,15). The molecular weight excluding hydrogens is 214 g/mol. The van der Waals surface area contributed by atoms with Crippen molar-refractivity contribution in [3.63, 3.8) is 0 Å². The first-order valence-electron chi connectivity index (χ1n) is 4.28. The van der Waals surface area contributed by atoms with E-state index in [1.54, 1.807) is 32.4 Å². The van der Waals surface area contributed by atoms with Crippen molar-refractivity contribution in [3.8, 4) is 11.5 Å². The van der Waals surface area contributed by atoms with Gasteiger partial charge in [0.15, 0.2) is 0 Å². The Bertz CT molecular complexity index is 368. The molecule has 1 aromatic rings. The lowest BCUT2D eigenvalue weighted by atomic mass is 10.2. The van der Waals surface area contributed by atoms with Crippen LogP contribution in [-0.2, 0) is 0 Å². The summed E-state index contributed by atoms with van der Waals surface area (Å²) >= 11 is 3.74. The molecule has 1 rings (SSSR count). The maximum Gasteiger partial charge on any atom is 0.282 e. The van der Waals surface area contributed by atoms with Crippen LogP contribution in [0.2, 0.25) is 0 Å². The van der Waals surface area contributed by atoms with Gasteiger partial charge in [-0.05, 0) is 12.1 Å². The molecule has 1 aromatic carbocycles. The first-order valence-corrected chi connectivity index (χ1v) is 4.73. The van der Waals surface area contributed by atoms with Crippen molar-refractivity contribution in [2.45, 2.75) is 0 Å². The first kappa shape index (κ1) is 11.7. The third kappa shape index (κ3) is 2.56. The lowest BCUT2D eigenvalue weighted by Crippen LogP contribution is -2.20. The number of hydrogen-bond acceptors (Lipinski definition) is 3. The van der Waals surface area contributed by atoms with Gasteiger partial charge in [0.1, 0.15) is 11.5 Å². The number of amides is 1. The second-order valence-electron chi connectivity index (χ2n) is 2.88. The Balaban J connectivity index is 3.12. The van der Waals surface area contributed by atoms with E-state index in [0.717, 1.165) is 0 Å². The van der Waals surface area contributed by atoms with Gasteiger partial charge < -0.3 is 14.4 Å². The summed E-state index contributed by atoms with van der Waals surface area (Å²) in [7, 11) is 4.73. The fraction of sp³-hybridized carbons (Fsp3) is 0.300. The second-order valence-corrected chi connectivity index (χ2v) is 3.26. The minimum absolute atomic E-state index is 0.349. The Kier molecular flexibility index (Phi) is 3.85. The second kappa shape index (κ2) is 4.93. The zero-order valence-electron chi connectivity index (χ0n) is 8.85. The summed E-state index contributed by atoms with van der Waals surface area (Å²) in [6.07, 6.45) is 0. The quantitative estimate of drug-likeness (QED) is 0.804. The van der Waals surface area contributed by atoms with Crippen LogP contribution in [0.15, 0.2) is 18.2 Å². The minimum atomic E-state index is -0.349. The SMILES string of the molecule is COc1ccc(N(C)C(=O)S)c(OC)c1. The van der Waals surface area contributed by atoms with E-state index in [-0.39, 0.29) is 5.24 Å². The number of carbonyl (C=O) groups is 1. The molecule has 0 N–H and O–H groups in total. The highest BCUT2D eigenvalue weighted by Crippen LogP contribution is 2.31. The number of ether oxygens (including phenoxy) is 2. The van der Waals surface area contributed by atoms with Crippen LogP contribution in [-0.4, -0.2) is 26.5 Å². The van der Waals surface area contributed by atoms with Crippen molar-refractivity contribution in [2.75, 3.05) is 26.2 Å². The average molecular weight is 227 g/mol.